The van der Waals surface area contributed by atoms with Crippen molar-refractivity contribution >= 4 is 29.5 Å². The van der Waals surface area contributed by atoms with Crippen LogP contribution in [-0.4, -0.2) is 46.9 Å². The second-order valence-corrected chi connectivity index (χ2v) is 5.99. The lowest BCUT2D eigenvalue weighted by Gasteiger charge is -2.19. The van der Waals surface area contributed by atoms with Crippen molar-refractivity contribution in [3.8, 4) is 0 Å². The zero-order valence-corrected chi connectivity index (χ0v) is 14.4. The number of para-hydroxylation sites is 1. The lowest BCUT2D eigenvalue weighted by molar-refractivity contribution is -0.155. The van der Waals surface area contributed by atoms with Crippen LogP contribution in [0, 0.1) is 0 Å². The van der Waals surface area contributed by atoms with E-state index in [-0.39, 0.29) is 0 Å². The quantitative estimate of drug-likeness (QED) is 0.596. The van der Waals surface area contributed by atoms with Crippen molar-refractivity contribution in [3.05, 3.63) is 30.3 Å². The SMILES string of the molecule is CC[C@@]1(C)NC(=O)N(CC(=O)O[C@@H](C)C(=O)Nc2ccccc2)C1=O. The molecule has 1 saturated heterocycles. The minimum atomic E-state index is -1.06. The van der Waals surface area contributed by atoms with Gasteiger partial charge in [-0.2, -0.15) is 0 Å². The Hall–Kier alpha value is -2.90. The maximum atomic E-state index is 12.2. The lowest BCUT2D eigenvalue weighted by Crippen LogP contribution is -2.44. The molecule has 8 nitrogen and oxygen atoms in total. The predicted molar refractivity (Wildman–Crippen MR) is 89.6 cm³/mol. The van der Waals surface area contributed by atoms with Gasteiger partial charge in [0.05, 0.1) is 0 Å². The molecule has 0 aromatic heterocycles. The fourth-order valence-corrected chi connectivity index (χ4v) is 2.31. The number of benzene rings is 1. The molecule has 0 saturated carbocycles. The van der Waals surface area contributed by atoms with Gasteiger partial charge in [-0.05, 0) is 32.4 Å². The Balaban J connectivity index is 1.90. The predicted octanol–water partition coefficient (Wildman–Crippen LogP) is 1.28. The molecule has 0 aliphatic carbocycles. The summed E-state index contributed by atoms with van der Waals surface area (Å²) >= 11 is 0. The molecule has 1 aliphatic heterocycles. The van der Waals surface area contributed by atoms with Crippen LogP contribution < -0.4 is 10.6 Å². The second-order valence-electron chi connectivity index (χ2n) is 5.99. The third kappa shape index (κ3) is 4.14. The van der Waals surface area contributed by atoms with Crippen LogP contribution in [0.5, 0.6) is 0 Å². The number of ether oxygens (including phenoxy) is 1. The number of rotatable bonds is 6. The van der Waals surface area contributed by atoms with Crippen molar-refractivity contribution in [1.29, 1.82) is 0 Å². The number of amides is 4. The molecule has 1 aliphatic rings. The van der Waals surface area contributed by atoms with Crippen LogP contribution in [0.1, 0.15) is 27.2 Å². The van der Waals surface area contributed by atoms with E-state index in [1.165, 1.54) is 6.92 Å². The van der Waals surface area contributed by atoms with E-state index >= 15 is 0 Å². The Morgan fingerprint density at radius 3 is 2.48 bits per heavy atom. The van der Waals surface area contributed by atoms with Crippen molar-refractivity contribution in [1.82, 2.24) is 10.2 Å². The maximum absolute atomic E-state index is 12.2. The van der Waals surface area contributed by atoms with E-state index in [1.54, 1.807) is 44.2 Å². The first-order valence-electron chi connectivity index (χ1n) is 7.96. The first kappa shape index (κ1) is 18.4. The number of anilines is 1. The smallest absolute Gasteiger partial charge is 0.327 e. The number of imide groups is 1. The number of urea groups is 1. The van der Waals surface area contributed by atoms with Gasteiger partial charge in [0.15, 0.2) is 6.10 Å². The average molecular weight is 347 g/mol. The van der Waals surface area contributed by atoms with Crippen LogP contribution in [0.4, 0.5) is 10.5 Å². The largest absolute Gasteiger partial charge is 0.451 e. The first-order valence-corrected chi connectivity index (χ1v) is 7.96. The molecule has 0 unspecified atom stereocenters. The molecule has 0 radical (unpaired) electrons. The molecule has 25 heavy (non-hydrogen) atoms. The highest BCUT2D eigenvalue weighted by molar-refractivity contribution is 6.08. The van der Waals surface area contributed by atoms with Gasteiger partial charge in [0, 0.05) is 5.69 Å². The van der Waals surface area contributed by atoms with Crippen molar-refractivity contribution < 1.29 is 23.9 Å². The normalized spacial score (nSPS) is 20.8. The molecule has 1 aromatic carbocycles. The highest BCUT2D eigenvalue weighted by Crippen LogP contribution is 2.20. The summed E-state index contributed by atoms with van der Waals surface area (Å²) in [6.07, 6.45) is -0.662. The molecule has 1 fully saturated rings. The van der Waals surface area contributed by atoms with E-state index in [1.807, 2.05) is 0 Å². The summed E-state index contributed by atoms with van der Waals surface area (Å²) in [7, 11) is 0. The summed E-state index contributed by atoms with van der Waals surface area (Å²) in [4.78, 5) is 48.9. The van der Waals surface area contributed by atoms with Gasteiger partial charge in [-0.15, -0.1) is 0 Å². The summed E-state index contributed by atoms with van der Waals surface area (Å²) in [6.45, 7) is 4.23. The molecule has 1 heterocycles. The van der Waals surface area contributed by atoms with Crippen LogP contribution in [0.3, 0.4) is 0 Å². The number of carbonyl (C=O) groups excluding carboxylic acids is 4. The standard InChI is InChI=1S/C17H21N3O5/c1-4-17(3)15(23)20(16(24)19-17)10-13(21)25-11(2)14(22)18-12-8-6-5-7-9-12/h5-9,11H,4,10H2,1-3H3,(H,18,22)(H,19,24)/t11-,17+/m0/s1. The van der Waals surface area contributed by atoms with Gasteiger partial charge in [-0.1, -0.05) is 25.1 Å². The fourth-order valence-electron chi connectivity index (χ4n) is 2.31. The minimum Gasteiger partial charge on any atom is -0.451 e. The van der Waals surface area contributed by atoms with Gasteiger partial charge in [0.25, 0.3) is 11.8 Å². The van der Waals surface area contributed by atoms with Crippen LogP contribution in [0.2, 0.25) is 0 Å². The topological polar surface area (TPSA) is 105 Å². The summed E-state index contributed by atoms with van der Waals surface area (Å²) < 4.78 is 5.02. The van der Waals surface area contributed by atoms with E-state index in [2.05, 4.69) is 10.6 Å². The summed E-state index contributed by atoms with van der Waals surface area (Å²) in [5, 5.41) is 5.15. The highest BCUT2D eigenvalue weighted by atomic mass is 16.5. The zero-order chi connectivity index (χ0) is 18.6. The van der Waals surface area contributed by atoms with Crippen LogP contribution in [0.25, 0.3) is 0 Å². The number of nitrogens with one attached hydrogen (secondary N) is 2. The van der Waals surface area contributed by atoms with Crippen molar-refractivity contribution in [2.45, 2.75) is 38.8 Å². The molecule has 8 heteroatoms. The highest BCUT2D eigenvalue weighted by Gasteiger charge is 2.47. The van der Waals surface area contributed by atoms with Gasteiger partial charge in [-0.25, -0.2) is 4.79 Å². The number of hydrogen-bond donors (Lipinski definition) is 2. The third-order valence-corrected chi connectivity index (χ3v) is 4.06. The summed E-state index contributed by atoms with van der Waals surface area (Å²) in [6, 6.07) is 8.08. The molecular weight excluding hydrogens is 326 g/mol. The summed E-state index contributed by atoms with van der Waals surface area (Å²) in [5.74, 6) is -1.83. The van der Waals surface area contributed by atoms with Crippen molar-refractivity contribution in [2.24, 2.45) is 0 Å². The summed E-state index contributed by atoms with van der Waals surface area (Å²) in [5.41, 5.74) is -0.448. The van der Waals surface area contributed by atoms with Gasteiger partial charge < -0.3 is 15.4 Å². The molecule has 4 amide bonds. The Bertz CT molecular complexity index is 691. The van der Waals surface area contributed by atoms with Crippen LogP contribution in [0.15, 0.2) is 30.3 Å². The number of carbonyl (C=O) groups is 4. The van der Waals surface area contributed by atoms with Gasteiger partial charge in [0.1, 0.15) is 12.1 Å². The van der Waals surface area contributed by atoms with E-state index in [0.717, 1.165) is 4.90 Å². The molecule has 0 spiro atoms. The monoisotopic (exact) mass is 347 g/mol. The van der Waals surface area contributed by atoms with Gasteiger partial charge >= 0.3 is 12.0 Å². The Kier molecular flexibility index (Phi) is 5.41. The maximum Gasteiger partial charge on any atom is 0.327 e. The molecule has 2 rings (SSSR count). The Labute approximate surface area is 145 Å². The molecule has 2 atom stereocenters. The minimum absolute atomic E-state index is 0.402. The lowest BCUT2D eigenvalue weighted by atomic mass is 9.99. The second kappa shape index (κ2) is 7.33. The number of nitrogens with zero attached hydrogens (tertiary/aromatic N) is 1. The average Bonchev–Trinajstić information content (AvgIpc) is 2.79. The number of hydrogen-bond acceptors (Lipinski definition) is 5. The van der Waals surface area contributed by atoms with Gasteiger partial charge in [-0.3, -0.25) is 19.3 Å². The first-order chi connectivity index (χ1) is 11.8. The molecule has 2 N–H and O–H groups in total. The van der Waals surface area contributed by atoms with Crippen LogP contribution in [-0.2, 0) is 19.1 Å². The third-order valence-electron chi connectivity index (χ3n) is 4.06. The zero-order valence-electron chi connectivity index (χ0n) is 14.4. The van der Waals surface area contributed by atoms with Crippen molar-refractivity contribution in [2.75, 3.05) is 11.9 Å². The Morgan fingerprint density at radius 2 is 1.92 bits per heavy atom. The van der Waals surface area contributed by atoms with Crippen molar-refractivity contribution in [3.63, 3.8) is 0 Å². The van der Waals surface area contributed by atoms with E-state index < -0.39 is 42.0 Å². The fraction of sp³-hybridized carbons (Fsp3) is 0.412. The molecule has 134 valence electrons. The Morgan fingerprint density at radius 1 is 1.28 bits per heavy atom. The molecule has 0 bridgehead atoms. The molecular formula is C17H21N3O5. The van der Waals surface area contributed by atoms with Crippen LogP contribution >= 0.6 is 0 Å². The van der Waals surface area contributed by atoms with E-state index in [4.69, 9.17) is 4.74 Å². The molecule has 1 aromatic rings. The van der Waals surface area contributed by atoms with E-state index in [9.17, 15) is 19.2 Å². The number of esters is 1. The van der Waals surface area contributed by atoms with Gasteiger partial charge in [0.2, 0.25) is 0 Å². The van der Waals surface area contributed by atoms with E-state index in [0.29, 0.717) is 12.1 Å².